The molecule has 41 N–H and O–H groups in total. The number of rotatable bonds is 48. The molecule has 856 valence electrons. The van der Waals surface area contributed by atoms with E-state index in [0.717, 1.165) is 20.8 Å². The van der Waals surface area contributed by atoms with Gasteiger partial charge in [0.2, 0.25) is 41.4 Å². The lowest BCUT2D eigenvalue weighted by Gasteiger charge is -2.53. The highest BCUT2D eigenvalue weighted by Crippen LogP contribution is 2.46. The molecule has 0 spiro atoms. The van der Waals surface area contributed by atoms with E-state index in [2.05, 4.69) is 16.0 Å². The summed E-state index contributed by atoms with van der Waals surface area (Å²) < 4.78 is 99.4. The number of aliphatic carboxylic acids is 4. The van der Waals surface area contributed by atoms with Gasteiger partial charge >= 0.3 is 23.9 Å². The van der Waals surface area contributed by atoms with Crippen LogP contribution in [0.15, 0.2) is 0 Å². The van der Waals surface area contributed by atoms with E-state index in [1.807, 2.05) is 21.3 Å². The number of carbonyl (C=O) groups is 11. The molecule has 9 rings (SSSR count). The van der Waals surface area contributed by atoms with Crippen LogP contribution in [0.25, 0.3) is 0 Å². The summed E-state index contributed by atoms with van der Waals surface area (Å²) in [6.07, 6.45) is -99.5. The molecule has 7 amide bonds. The third kappa shape index (κ3) is 28.0. The van der Waals surface area contributed by atoms with Crippen molar-refractivity contribution in [3.05, 3.63) is 0 Å². The number of amides is 7. The number of hydrogen-bond acceptors (Lipinski definition) is 58. The summed E-state index contributed by atoms with van der Waals surface area (Å²) in [7, 11) is 0. The third-order valence-corrected chi connectivity index (χ3v) is 25.9. The fourth-order valence-corrected chi connectivity index (χ4v) is 18.5. The SMILES string of the molecule is CC(=O)N[C@H]1[C@H](O[C@@H]2[C@H](OC3(C(=O)O)C[C@H](O)[C@@H](NC(=O)CO)[C@H]([C@H](O)[C@H](O)CO)O3)[C@@H](NC(C)=O)[C@H](O[C@H]3[C@@H](O)[C@@H](CO)O[C@@H](O[C@@H]4[C@H](O)[C@@H](O)[C@H](O[C@H]5[C@@H](O)[C@@H](CO[C@]6(C(=O)O)C[C@H](O)[C@@H](NC(=O)CO)[C@H]([C@H](O)[C@@H](CO)O[C@]7(C(=O)O)C[C@H](O)[C@@H](NC(=O)CO)[C@H]([C@H](O)[C@@H](CO)O[C@]8(C(=O)O)C[C@H](O)[C@@H](NC(=O)CO)[C@H]([C@H](O)[C@H](O)CO)O8)O7)O6)OC(O)[C@@H]5NC(C)=O)O[C@@H]4CO)[C@@H]3O)O[C@@H]2CO)O[C@H](CO)[C@H](O)[C@@H]1O. The maximum atomic E-state index is 14.0. The summed E-state index contributed by atoms with van der Waals surface area (Å²) in [6.45, 7) is -16.2. The van der Waals surface area contributed by atoms with Crippen LogP contribution in [-0.2, 0) is 133 Å². The summed E-state index contributed by atoms with van der Waals surface area (Å²) in [5, 5.41) is 392. The van der Waals surface area contributed by atoms with Crippen molar-refractivity contribution in [3.8, 4) is 0 Å². The van der Waals surface area contributed by atoms with Crippen LogP contribution in [0.4, 0.5) is 0 Å². The van der Waals surface area contributed by atoms with Crippen LogP contribution in [0.5, 0.6) is 0 Å². The van der Waals surface area contributed by atoms with Gasteiger partial charge in [-0.05, 0) is 0 Å². The van der Waals surface area contributed by atoms with Crippen molar-refractivity contribution in [1.82, 2.24) is 37.2 Å². The van der Waals surface area contributed by atoms with Crippen molar-refractivity contribution in [2.75, 3.05) is 85.9 Å². The lowest BCUT2D eigenvalue weighted by atomic mass is 9.86. The number of nitrogens with one attached hydrogen (secondary N) is 7. The molecular formula is C80H129N7O62. The number of carboxylic acids is 4. The molecule has 0 bridgehead atoms. The first kappa shape index (κ1) is 125. The Morgan fingerprint density at radius 3 is 1.03 bits per heavy atom. The summed E-state index contributed by atoms with van der Waals surface area (Å²) in [6, 6.07) is -15.2. The fourth-order valence-electron chi connectivity index (χ4n) is 18.5. The number of carbonyl (C=O) groups excluding carboxylic acids is 7. The summed E-state index contributed by atoms with van der Waals surface area (Å²) in [5.74, 6) is -32.9. The Morgan fingerprint density at radius 1 is 0.302 bits per heavy atom. The van der Waals surface area contributed by atoms with Crippen LogP contribution in [-0.4, -0.2) is 623 Å². The Bertz CT molecular complexity index is 4420. The Labute approximate surface area is 837 Å². The van der Waals surface area contributed by atoms with Crippen LogP contribution in [0.1, 0.15) is 46.5 Å². The molecule has 9 saturated heterocycles. The minimum absolute atomic E-state index is 0.775. The molecule has 49 atom stereocenters. The third-order valence-electron chi connectivity index (χ3n) is 25.9. The van der Waals surface area contributed by atoms with E-state index in [1.54, 1.807) is 0 Å². The van der Waals surface area contributed by atoms with E-state index in [-0.39, 0.29) is 0 Å². The summed E-state index contributed by atoms with van der Waals surface area (Å²) >= 11 is 0. The highest BCUT2D eigenvalue weighted by Gasteiger charge is 2.68. The second-order valence-electron chi connectivity index (χ2n) is 36.2. The first-order valence-corrected chi connectivity index (χ1v) is 45.8. The van der Waals surface area contributed by atoms with Gasteiger partial charge in [-0.2, -0.15) is 0 Å². The van der Waals surface area contributed by atoms with Crippen LogP contribution in [0.3, 0.4) is 0 Å². The topological polar surface area (TPSA) is 1120 Å². The lowest BCUT2D eigenvalue weighted by molar-refractivity contribution is -0.395. The van der Waals surface area contributed by atoms with Crippen LogP contribution in [0.2, 0.25) is 0 Å². The van der Waals surface area contributed by atoms with E-state index in [0.29, 0.717) is 0 Å². The normalized spacial score (nSPS) is 41.2. The molecule has 0 radical (unpaired) electrons. The molecule has 0 aromatic rings. The monoisotopic (exact) mass is 2180 g/mol. The fraction of sp³-hybridized carbons (Fsp3) is 0.863. The standard InChI is InChI=1S/C80H129N7O62/c1-21(100)81-45-55(120)50(115)30(10-90)135-69(45)140-60-35(15-95)137-70(47(83-23(3)102)66(60)149-80(76(131)132)7-27(106)42(85-38(110)17-97)63(147-80)49(114)29(108)9-89)142-67-51(116)31(11-91)136-72(58(67)123)139-59-34(14-94)138-71(57(122)56(59)121)141-61-46(82-22(2)101)68(124)134-36(54(61)119)20-133-77(73(125)126)4-24(103)43(86-39(111)18-98)64(145-77)52(117)32(12-92)144-79(75(129)130)6-26(105)44(87-40(112)19-99)65(148-79)53(118)33(13-93)143-78(74(127)128)5-25(104)41(84-37(109)16-96)62(146-78)48(113)28(107)8-88/h24-36,41-72,88-99,103-108,113-124H,4-20H2,1-3H3,(H,81,100)(H,82,101)(H,83,102)(H,84,109)(H,85,110)(H,86,111)(H,87,112)(H,125,126)(H,127,128)(H,129,130)(H,131,132)/t24-,25-,26-,27-,28+,29+,30+,31+,32+,33+,34+,35+,36+,41+,42+,43+,44+,45+,46+,47+,48+,49+,50-,51-,52+,53+,54-,55+,56+,57+,58+,59-,60-,61+,62+,63+,64+,65+,66+,67-,68?,69-,70-,71-,72-,77+,78+,79+,80?/m0/s1. The van der Waals surface area contributed by atoms with Gasteiger partial charge in [0, 0.05) is 46.5 Å². The van der Waals surface area contributed by atoms with Gasteiger partial charge in [-0.25, -0.2) is 19.2 Å². The molecule has 0 aromatic heterocycles. The Hall–Kier alpha value is -7.71. The van der Waals surface area contributed by atoms with Crippen LogP contribution < -0.4 is 37.2 Å². The number of aliphatic hydroxyl groups excluding tert-OH is 30. The zero-order valence-corrected chi connectivity index (χ0v) is 78.6. The smallest absolute Gasteiger partial charge is 0.364 e. The highest BCUT2D eigenvalue weighted by molar-refractivity contribution is 5.81. The minimum atomic E-state index is -3.78. The van der Waals surface area contributed by atoms with Crippen molar-refractivity contribution in [2.24, 2.45) is 0 Å². The van der Waals surface area contributed by atoms with E-state index < -0.39 is 475 Å². The van der Waals surface area contributed by atoms with E-state index in [4.69, 9.17) is 80.5 Å². The molecule has 9 fully saturated rings. The quantitative estimate of drug-likeness (QED) is 0.0269. The first-order valence-electron chi connectivity index (χ1n) is 45.8. The predicted molar refractivity (Wildman–Crippen MR) is 453 cm³/mol. The predicted octanol–water partition coefficient (Wildman–Crippen LogP) is -26.9. The van der Waals surface area contributed by atoms with Crippen molar-refractivity contribution in [2.45, 2.75) is 345 Å². The van der Waals surface area contributed by atoms with Gasteiger partial charge in [-0.3, -0.25) is 33.6 Å². The molecular weight excluding hydrogens is 2050 g/mol. The summed E-state index contributed by atoms with van der Waals surface area (Å²) in [5.41, 5.74) is 0. The molecule has 9 heterocycles. The van der Waals surface area contributed by atoms with E-state index >= 15 is 0 Å². The van der Waals surface area contributed by atoms with Crippen molar-refractivity contribution in [1.29, 1.82) is 0 Å². The van der Waals surface area contributed by atoms with Crippen LogP contribution in [0, 0.1) is 0 Å². The van der Waals surface area contributed by atoms with Gasteiger partial charge in [0.1, 0.15) is 222 Å². The second-order valence-corrected chi connectivity index (χ2v) is 36.2. The number of carboxylic acid groups (broad SMARTS) is 4. The molecule has 149 heavy (non-hydrogen) atoms. The molecule has 69 heteroatoms. The molecule has 9 aliphatic heterocycles. The largest absolute Gasteiger partial charge is 0.477 e. The Morgan fingerprint density at radius 2 is 0.624 bits per heavy atom. The summed E-state index contributed by atoms with van der Waals surface area (Å²) in [4.78, 5) is 145. The number of ether oxygens (including phenoxy) is 17. The maximum Gasteiger partial charge on any atom is 0.364 e. The van der Waals surface area contributed by atoms with Gasteiger partial charge in [-0.1, -0.05) is 0 Å². The number of hydrogen-bond donors (Lipinski definition) is 41. The average molecular weight is 2180 g/mol. The average Bonchev–Trinajstić information content (AvgIpc) is 0.737. The molecule has 2 unspecified atom stereocenters. The molecule has 0 aliphatic carbocycles. The maximum absolute atomic E-state index is 14.0. The second kappa shape index (κ2) is 53.6. The first-order chi connectivity index (χ1) is 70.0. The molecule has 0 saturated carbocycles. The van der Waals surface area contributed by atoms with E-state index in [9.17, 15) is 226 Å². The van der Waals surface area contributed by atoms with Crippen molar-refractivity contribution >= 4 is 65.2 Å². The van der Waals surface area contributed by atoms with Crippen molar-refractivity contribution < 1.29 is 307 Å². The van der Waals surface area contributed by atoms with Gasteiger partial charge in [0.15, 0.2) is 31.5 Å². The van der Waals surface area contributed by atoms with Gasteiger partial charge in [-0.15, -0.1) is 0 Å². The molecule has 9 aliphatic rings. The van der Waals surface area contributed by atoms with Crippen LogP contribution >= 0.6 is 0 Å². The van der Waals surface area contributed by atoms with Gasteiger partial charge < -0.3 is 291 Å². The Balaban J connectivity index is 0.985. The zero-order valence-electron chi connectivity index (χ0n) is 78.6. The minimum Gasteiger partial charge on any atom is -0.477 e. The molecule has 0 aromatic carbocycles. The van der Waals surface area contributed by atoms with Crippen molar-refractivity contribution in [3.63, 3.8) is 0 Å². The van der Waals surface area contributed by atoms with E-state index in [1.165, 1.54) is 0 Å². The number of aliphatic hydroxyl groups is 30. The molecule has 69 nitrogen and oxygen atoms in total. The highest BCUT2D eigenvalue weighted by atomic mass is 16.8. The zero-order chi connectivity index (χ0) is 111. The lowest BCUT2D eigenvalue weighted by Crippen LogP contribution is -2.74. The van der Waals surface area contributed by atoms with Gasteiger partial charge in [0.25, 0.3) is 23.1 Å². The van der Waals surface area contributed by atoms with Gasteiger partial charge in [0.05, 0.1) is 108 Å². The Kier molecular flexibility index (Phi) is 44.9.